The van der Waals surface area contributed by atoms with Crippen LogP contribution in [0.4, 0.5) is 4.79 Å². The van der Waals surface area contributed by atoms with Gasteiger partial charge < -0.3 is 15.5 Å². The Morgan fingerprint density at radius 2 is 2.05 bits per heavy atom. The summed E-state index contributed by atoms with van der Waals surface area (Å²) < 4.78 is 0. The first-order valence-electron chi connectivity index (χ1n) is 7.26. The Bertz CT molecular complexity index is 361. The van der Waals surface area contributed by atoms with Gasteiger partial charge in [-0.1, -0.05) is 26.8 Å². The number of carbonyl (C=O) groups excluding carboxylic acids is 2. The number of nitrogens with one attached hydrogen (secondary N) is 2. The van der Waals surface area contributed by atoms with Gasteiger partial charge in [0.2, 0.25) is 5.91 Å². The zero-order chi connectivity index (χ0) is 15.2. The van der Waals surface area contributed by atoms with Gasteiger partial charge in [0.05, 0.1) is 0 Å². The first kappa shape index (κ1) is 16.5. The highest BCUT2D eigenvalue weighted by molar-refractivity contribution is 5.81. The zero-order valence-corrected chi connectivity index (χ0v) is 12.9. The van der Waals surface area contributed by atoms with Gasteiger partial charge in [-0.2, -0.15) is 0 Å². The molecule has 20 heavy (non-hydrogen) atoms. The predicted octanol–water partition coefficient (Wildman–Crippen LogP) is 1.76. The van der Waals surface area contributed by atoms with E-state index in [4.69, 9.17) is 0 Å². The van der Waals surface area contributed by atoms with Gasteiger partial charge in [0.15, 0.2) is 0 Å². The smallest absolute Gasteiger partial charge is 0.317 e. The van der Waals surface area contributed by atoms with Crippen LogP contribution in [0.15, 0.2) is 12.7 Å². The average molecular weight is 281 g/mol. The third-order valence-corrected chi connectivity index (χ3v) is 3.44. The van der Waals surface area contributed by atoms with Crippen molar-refractivity contribution in [3.63, 3.8) is 0 Å². The fourth-order valence-electron chi connectivity index (χ4n) is 2.19. The van der Waals surface area contributed by atoms with Crippen molar-refractivity contribution in [1.82, 2.24) is 15.5 Å². The number of nitrogens with zero attached hydrogens (tertiary/aromatic N) is 1. The van der Waals surface area contributed by atoms with Gasteiger partial charge in [-0.3, -0.25) is 4.79 Å². The third kappa shape index (κ3) is 5.23. The van der Waals surface area contributed by atoms with E-state index in [0.717, 1.165) is 19.4 Å². The van der Waals surface area contributed by atoms with Crippen LogP contribution in [-0.4, -0.2) is 43.0 Å². The maximum absolute atomic E-state index is 11.9. The topological polar surface area (TPSA) is 61.4 Å². The average Bonchev–Trinajstić information content (AvgIpc) is 2.41. The Hall–Kier alpha value is -1.52. The van der Waals surface area contributed by atoms with Crippen LogP contribution in [0.5, 0.6) is 0 Å². The summed E-state index contributed by atoms with van der Waals surface area (Å²) in [6.45, 7) is 11.9. The molecule has 0 bridgehead atoms. The SMILES string of the molecule is C=CCNC(=O)N1CCC[C@@H](CNC(=O)C(C)(C)C)C1. The molecule has 1 atom stereocenters. The summed E-state index contributed by atoms with van der Waals surface area (Å²) in [5.41, 5.74) is -0.365. The van der Waals surface area contributed by atoms with Gasteiger partial charge in [-0.15, -0.1) is 6.58 Å². The molecule has 1 heterocycles. The fraction of sp³-hybridized carbons (Fsp3) is 0.733. The second-order valence-electron chi connectivity index (χ2n) is 6.39. The summed E-state index contributed by atoms with van der Waals surface area (Å²) in [7, 11) is 0. The number of hydrogen-bond donors (Lipinski definition) is 2. The molecule has 1 rings (SSSR count). The summed E-state index contributed by atoms with van der Waals surface area (Å²) in [5, 5.41) is 5.77. The van der Waals surface area contributed by atoms with Gasteiger partial charge in [-0.25, -0.2) is 4.79 Å². The van der Waals surface area contributed by atoms with Crippen LogP contribution in [-0.2, 0) is 4.79 Å². The van der Waals surface area contributed by atoms with E-state index in [2.05, 4.69) is 17.2 Å². The summed E-state index contributed by atoms with van der Waals surface area (Å²) >= 11 is 0. The van der Waals surface area contributed by atoms with E-state index in [-0.39, 0.29) is 17.4 Å². The molecule has 0 unspecified atom stereocenters. The normalized spacial score (nSPS) is 19.4. The molecule has 1 aliphatic rings. The van der Waals surface area contributed by atoms with Crippen molar-refractivity contribution in [2.24, 2.45) is 11.3 Å². The highest BCUT2D eigenvalue weighted by atomic mass is 16.2. The second kappa shape index (κ2) is 7.31. The molecule has 1 fully saturated rings. The first-order chi connectivity index (χ1) is 9.34. The van der Waals surface area contributed by atoms with Crippen LogP contribution in [0.25, 0.3) is 0 Å². The number of urea groups is 1. The third-order valence-electron chi connectivity index (χ3n) is 3.44. The first-order valence-corrected chi connectivity index (χ1v) is 7.26. The summed E-state index contributed by atoms with van der Waals surface area (Å²) in [6.07, 6.45) is 3.70. The summed E-state index contributed by atoms with van der Waals surface area (Å²) in [4.78, 5) is 25.5. The molecule has 0 saturated carbocycles. The fourth-order valence-corrected chi connectivity index (χ4v) is 2.19. The van der Waals surface area contributed by atoms with Gasteiger partial charge in [-0.05, 0) is 18.8 Å². The van der Waals surface area contributed by atoms with E-state index >= 15 is 0 Å². The molecule has 0 radical (unpaired) electrons. The van der Waals surface area contributed by atoms with E-state index in [1.165, 1.54) is 0 Å². The van der Waals surface area contributed by atoms with Crippen LogP contribution in [0, 0.1) is 11.3 Å². The lowest BCUT2D eigenvalue weighted by atomic mass is 9.94. The molecule has 0 aromatic carbocycles. The highest BCUT2D eigenvalue weighted by Crippen LogP contribution is 2.17. The number of amides is 3. The Morgan fingerprint density at radius 3 is 2.65 bits per heavy atom. The van der Waals surface area contributed by atoms with Crippen molar-refractivity contribution in [1.29, 1.82) is 0 Å². The molecule has 114 valence electrons. The van der Waals surface area contributed by atoms with E-state index in [9.17, 15) is 9.59 Å². The van der Waals surface area contributed by atoms with E-state index in [0.29, 0.717) is 25.6 Å². The van der Waals surface area contributed by atoms with Crippen LogP contribution < -0.4 is 10.6 Å². The number of likely N-dealkylation sites (tertiary alicyclic amines) is 1. The highest BCUT2D eigenvalue weighted by Gasteiger charge is 2.26. The van der Waals surface area contributed by atoms with E-state index < -0.39 is 0 Å². The Morgan fingerprint density at radius 1 is 1.35 bits per heavy atom. The molecular formula is C15H27N3O2. The molecule has 5 nitrogen and oxygen atoms in total. The lowest BCUT2D eigenvalue weighted by Gasteiger charge is -2.33. The van der Waals surface area contributed by atoms with Crippen molar-refractivity contribution in [3.8, 4) is 0 Å². The second-order valence-corrected chi connectivity index (χ2v) is 6.39. The Balaban J connectivity index is 2.39. The monoisotopic (exact) mass is 281 g/mol. The minimum Gasteiger partial charge on any atom is -0.355 e. The van der Waals surface area contributed by atoms with Crippen molar-refractivity contribution in [3.05, 3.63) is 12.7 Å². The summed E-state index contributed by atoms with van der Waals surface area (Å²) in [5.74, 6) is 0.398. The molecule has 1 saturated heterocycles. The van der Waals surface area contributed by atoms with Crippen LogP contribution >= 0.6 is 0 Å². The maximum Gasteiger partial charge on any atom is 0.317 e. The van der Waals surface area contributed by atoms with Gasteiger partial charge in [0, 0.05) is 31.6 Å². The zero-order valence-electron chi connectivity index (χ0n) is 12.9. The quantitative estimate of drug-likeness (QED) is 0.771. The van der Waals surface area contributed by atoms with E-state index in [1.807, 2.05) is 25.7 Å². The molecule has 1 aliphatic heterocycles. The number of hydrogen-bond acceptors (Lipinski definition) is 2. The van der Waals surface area contributed by atoms with Gasteiger partial charge in [0.1, 0.15) is 0 Å². The predicted molar refractivity (Wildman–Crippen MR) is 80.4 cm³/mol. The number of carbonyl (C=O) groups is 2. The standard InChI is InChI=1S/C15H27N3O2/c1-5-8-16-14(20)18-9-6-7-12(11-18)10-17-13(19)15(2,3)4/h5,12H,1,6-11H2,2-4H3,(H,16,20)(H,17,19)/t12-/m0/s1. The molecule has 0 spiro atoms. The minimum absolute atomic E-state index is 0.0447. The number of rotatable bonds is 4. The Labute approximate surface area is 121 Å². The molecule has 0 aromatic heterocycles. The lowest BCUT2D eigenvalue weighted by Crippen LogP contribution is -2.48. The molecule has 0 aromatic rings. The minimum atomic E-state index is -0.365. The molecular weight excluding hydrogens is 254 g/mol. The molecule has 5 heteroatoms. The van der Waals surface area contributed by atoms with Gasteiger partial charge in [0.25, 0.3) is 0 Å². The molecule has 3 amide bonds. The Kier molecular flexibility index (Phi) is 6.05. The largest absolute Gasteiger partial charge is 0.355 e. The van der Waals surface area contributed by atoms with Crippen molar-refractivity contribution >= 4 is 11.9 Å². The van der Waals surface area contributed by atoms with Gasteiger partial charge >= 0.3 is 6.03 Å². The van der Waals surface area contributed by atoms with Crippen molar-refractivity contribution in [2.45, 2.75) is 33.6 Å². The maximum atomic E-state index is 11.9. The van der Waals surface area contributed by atoms with E-state index in [1.54, 1.807) is 6.08 Å². The van der Waals surface area contributed by atoms with Crippen LogP contribution in [0.1, 0.15) is 33.6 Å². The van der Waals surface area contributed by atoms with Crippen molar-refractivity contribution < 1.29 is 9.59 Å². The lowest BCUT2D eigenvalue weighted by molar-refractivity contribution is -0.128. The van der Waals surface area contributed by atoms with Crippen LogP contribution in [0.2, 0.25) is 0 Å². The molecule has 0 aliphatic carbocycles. The summed E-state index contributed by atoms with van der Waals surface area (Å²) in [6, 6.07) is -0.0447. The number of piperidine rings is 1. The van der Waals surface area contributed by atoms with Crippen molar-refractivity contribution in [2.75, 3.05) is 26.2 Å². The van der Waals surface area contributed by atoms with Crippen LogP contribution in [0.3, 0.4) is 0 Å². The molecule has 2 N–H and O–H groups in total.